The van der Waals surface area contributed by atoms with Crippen LogP contribution in [0, 0.1) is 0 Å². The third-order valence-electron chi connectivity index (χ3n) is 6.80. The van der Waals surface area contributed by atoms with Gasteiger partial charge in [-0.25, -0.2) is 13.4 Å². The zero-order valence-electron chi connectivity index (χ0n) is 20.4. The fraction of sp³-hybridized carbons (Fsp3) is 0.435. The number of carbonyl (C=O) groups excluding carboxylic acids is 2. The van der Waals surface area contributed by atoms with Gasteiger partial charge in [-0.3, -0.25) is 14.5 Å². The molecule has 0 saturated carbocycles. The van der Waals surface area contributed by atoms with Gasteiger partial charge in [0.15, 0.2) is 5.01 Å². The van der Waals surface area contributed by atoms with Crippen molar-refractivity contribution < 1.29 is 18.0 Å². The second-order valence-electron chi connectivity index (χ2n) is 9.10. The first kappa shape index (κ1) is 28.2. The van der Waals surface area contributed by atoms with E-state index >= 15 is 0 Å². The summed E-state index contributed by atoms with van der Waals surface area (Å²) in [6.45, 7) is 2.89. The number of hydrogen-bond acceptors (Lipinski definition) is 8. The fourth-order valence-corrected chi connectivity index (χ4v) is 8.92. The summed E-state index contributed by atoms with van der Waals surface area (Å²) in [5.41, 5.74) is 0.927. The number of hydrogen-bond donors (Lipinski definition) is 1. The molecule has 14 heteroatoms. The Morgan fingerprint density at radius 3 is 2.68 bits per heavy atom. The maximum absolute atomic E-state index is 13.5. The third-order valence-corrected chi connectivity index (χ3v) is 11.5. The van der Waals surface area contributed by atoms with Crippen molar-refractivity contribution in [2.75, 3.05) is 33.7 Å². The number of nitrogens with one attached hydrogen (secondary N) is 1. The molecule has 5 rings (SSSR count). The predicted octanol–water partition coefficient (Wildman–Crippen LogP) is 3.07. The van der Waals surface area contributed by atoms with E-state index in [4.69, 9.17) is 11.6 Å². The Morgan fingerprint density at radius 2 is 1.95 bits per heavy atom. The molecule has 0 radical (unpaired) electrons. The molecule has 0 spiro atoms. The number of benzene rings is 1. The molecule has 2 atom stereocenters. The van der Waals surface area contributed by atoms with Gasteiger partial charge in [-0.15, -0.1) is 35.1 Å². The summed E-state index contributed by atoms with van der Waals surface area (Å²) in [4.78, 5) is 35.6. The van der Waals surface area contributed by atoms with Crippen LogP contribution in [0.15, 0.2) is 28.5 Å². The van der Waals surface area contributed by atoms with E-state index in [1.807, 2.05) is 7.05 Å². The lowest BCUT2D eigenvalue weighted by Crippen LogP contribution is -2.61. The molecule has 2 aliphatic heterocycles. The van der Waals surface area contributed by atoms with Crippen LogP contribution in [-0.2, 0) is 27.8 Å². The number of fused-ring (bicyclic) bond motifs is 2. The summed E-state index contributed by atoms with van der Waals surface area (Å²) < 4.78 is 29.2. The normalized spacial score (nSPS) is 20.9. The number of piperazine rings is 1. The van der Waals surface area contributed by atoms with Crippen LogP contribution in [-0.4, -0.2) is 85.1 Å². The summed E-state index contributed by atoms with van der Waals surface area (Å²) in [6, 6.07) is 6.22. The van der Waals surface area contributed by atoms with E-state index in [1.165, 1.54) is 27.6 Å². The van der Waals surface area contributed by atoms with Crippen molar-refractivity contribution in [3.8, 4) is 0 Å². The molecule has 1 aromatic carbocycles. The molecule has 4 heterocycles. The topological polar surface area (TPSA) is 103 Å². The lowest BCUT2D eigenvalue weighted by molar-refractivity contribution is -0.126. The first-order valence-electron chi connectivity index (χ1n) is 11.5. The Hall–Kier alpha value is -1.80. The van der Waals surface area contributed by atoms with Crippen molar-refractivity contribution in [1.82, 2.24) is 24.4 Å². The van der Waals surface area contributed by atoms with Gasteiger partial charge in [0.05, 0.1) is 5.69 Å². The Balaban J connectivity index is 0.00000320. The molecule has 1 N–H and O–H groups in total. The van der Waals surface area contributed by atoms with Crippen molar-refractivity contribution in [1.29, 1.82) is 0 Å². The SMILES string of the molecule is CNC(=O)C1CN(S(=O)(=O)c2cc3ccc(Cl)cc3s2)CCN1C(=O)c1nc2c(s1)CN(C)C(C)C2.Cl. The number of aromatic nitrogens is 1. The zero-order valence-corrected chi connectivity index (χ0v) is 24.5. The summed E-state index contributed by atoms with van der Waals surface area (Å²) in [5.74, 6) is -0.757. The van der Waals surface area contributed by atoms with Gasteiger partial charge >= 0.3 is 0 Å². The van der Waals surface area contributed by atoms with Gasteiger partial charge in [-0.05, 0) is 37.6 Å². The van der Waals surface area contributed by atoms with Gasteiger partial charge in [0.2, 0.25) is 5.91 Å². The monoisotopic (exact) mass is 603 g/mol. The molecule has 2 unspecified atom stereocenters. The van der Waals surface area contributed by atoms with E-state index in [2.05, 4.69) is 22.1 Å². The molecule has 1 saturated heterocycles. The average molecular weight is 605 g/mol. The van der Waals surface area contributed by atoms with Crippen molar-refractivity contribution in [3.63, 3.8) is 0 Å². The van der Waals surface area contributed by atoms with Crippen LogP contribution >= 0.6 is 46.7 Å². The number of halogens is 2. The number of likely N-dealkylation sites (N-methyl/N-ethyl adjacent to an activating group) is 2. The molecule has 2 aromatic heterocycles. The molecule has 1 fully saturated rings. The quantitative estimate of drug-likeness (QED) is 0.491. The average Bonchev–Trinajstić information content (AvgIpc) is 3.47. The number of carbonyl (C=O) groups is 2. The van der Waals surface area contributed by atoms with Crippen LogP contribution in [0.1, 0.15) is 27.3 Å². The largest absolute Gasteiger partial charge is 0.357 e. The van der Waals surface area contributed by atoms with Crippen molar-refractivity contribution >= 4 is 78.6 Å². The zero-order chi connectivity index (χ0) is 25.8. The smallest absolute Gasteiger partial charge is 0.283 e. The third kappa shape index (κ3) is 5.25. The molecule has 37 heavy (non-hydrogen) atoms. The summed E-state index contributed by atoms with van der Waals surface area (Å²) in [6.07, 6.45) is 0.765. The van der Waals surface area contributed by atoms with Gasteiger partial charge in [0.25, 0.3) is 15.9 Å². The van der Waals surface area contributed by atoms with Crippen molar-refractivity contribution in [3.05, 3.63) is 44.9 Å². The Morgan fingerprint density at radius 1 is 1.19 bits per heavy atom. The number of thiophene rings is 1. The summed E-state index contributed by atoms with van der Waals surface area (Å²) in [5, 5.41) is 4.24. The highest BCUT2D eigenvalue weighted by Gasteiger charge is 2.41. The minimum atomic E-state index is -3.87. The van der Waals surface area contributed by atoms with Gasteiger partial charge in [0, 0.05) is 60.3 Å². The van der Waals surface area contributed by atoms with Crippen LogP contribution in [0.5, 0.6) is 0 Å². The first-order chi connectivity index (χ1) is 17.1. The highest BCUT2D eigenvalue weighted by atomic mass is 35.5. The number of sulfonamides is 1. The number of rotatable bonds is 4. The van der Waals surface area contributed by atoms with Crippen LogP contribution in [0.25, 0.3) is 10.1 Å². The van der Waals surface area contributed by atoms with Crippen molar-refractivity contribution in [2.24, 2.45) is 0 Å². The molecule has 2 aliphatic rings. The second kappa shape index (κ2) is 10.8. The van der Waals surface area contributed by atoms with E-state index in [-0.39, 0.29) is 42.2 Å². The first-order valence-corrected chi connectivity index (χ1v) is 14.9. The van der Waals surface area contributed by atoms with Crippen LogP contribution in [0.3, 0.4) is 0 Å². The van der Waals surface area contributed by atoms with E-state index in [9.17, 15) is 18.0 Å². The standard InChI is InChI=1S/C23H26ClN5O4S3.ClH/c1-13-8-16-19(12-27(13)3)35-22(26-16)23(31)29-7-6-28(11-17(29)21(30)25-2)36(32,33)20-9-14-4-5-15(24)10-18(14)34-20;/h4-5,9-10,13,17H,6-8,11-12H2,1-3H3,(H,25,30);1H. The number of nitrogens with zero attached hydrogens (tertiary/aromatic N) is 4. The Labute approximate surface area is 234 Å². The number of thiazole rings is 1. The molecule has 0 bridgehead atoms. The highest BCUT2D eigenvalue weighted by Crippen LogP contribution is 2.34. The number of amides is 2. The maximum atomic E-state index is 13.5. The molecule has 2 amide bonds. The Kier molecular flexibility index (Phi) is 8.20. The fourth-order valence-electron chi connectivity index (χ4n) is 4.54. The van der Waals surface area contributed by atoms with Gasteiger partial charge in [-0.2, -0.15) is 4.31 Å². The second-order valence-corrected chi connectivity index (χ2v) is 13.9. The Bertz CT molecular complexity index is 1430. The molecule has 3 aromatic rings. The minimum absolute atomic E-state index is 0. The van der Waals surface area contributed by atoms with Gasteiger partial charge < -0.3 is 10.2 Å². The van der Waals surface area contributed by atoms with Crippen LogP contribution < -0.4 is 5.32 Å². The molecule has 0 aliphatic carbocycles. The maximum Gasteiger partial charge on any atom is 0.283 e. The highest BCUT2D eigenvalue weighted by molar-refractivity contribution is 7.91. The van der Waals surface area contributed by atoms with Gasteiger partial charge in [0.1, 0.15) is 10.3 Å². The summed E-state index contributed by atoms with van der Waals surface area (Å²) in [7, 11) is -0.345. The van der Waals surface area contributed by atoms with E-state index in [1.54, 1.807) is 24.3 Å². The van der Waals surface area contributed by atoms with E-state index in [0.717, 1.165) is 45.0 Å². The molecular formula is C23H27Cl2N5O4S3. The minimum Gasteiger partial charge on any atom is -0.357 e. The lowest BCUT2D eigenvalue weighted by Gasteiger charge is -2.39. The molecule has 200 valence electrons. The van der Waals surface area contributed by atoms with Crippen molar-refractivity contribution in [2.45, 2.75) is 36.2 Å². The van der Waals surface area contributed by atoms with Crippen LogP contribution in [0.2, 0.25) is 5.02 Å². The van der Waals surface area contributed by atoms with Gasteiger partial charge in [-0.1, -0.05) is 17.7 Å². The van der Waals surface area contributed by atoms with E-state index < -0.39 is 22.0 Å². The van der Waals surface area contributed by atoms with E-state index in [0.29, 0.717) is 16.1 Å². The summed E-state index contributed by atoms with van der Waals surface area (Å²) >= 11 is 8.56. The predicted molar refractivity (Wildman–Crippen MR) is 148 cm³/mol. The molecule has 9 nitrogen and oxygen atoms in total. The van der Waals surface area contributed by atoms with Crippen LogP contribution in [0.4, 0.5) is 0 Å². The molecular weight excluding hydrogens is 577 g/mol. The lowest BCUT2D eigenvalue weighted by atomic mass is 10.1.